The number of anilines is 1. The topological polar surface area (TPSA) is 84.0 Å². The van der Waals surface area contributed by atoms with E-state index >= 15 is 0 Å². The molecule has 4 rings (SSSR count). The molecule has 2 aromatic carbocycles. The van der Waals surface area contributed by atoms with Crippen molar-refractivity contribution in [3.63, 3.8) is 0 Å². The number of allylic oxidation sites excluding steroid dienone is 1. The van der Waals surface area contributed by atoms with Crippen molar-refractivity contribution in [2.24, 2.45) is 0 Å². The van der Waals surface area contributed by atoms with Crippen molar-refractivity contribution in [1.82, 2.24) is 15.3 Å². The maximum Gasteiger partial charge on any atom is 0.256 e. The Kier molecular flexibility index (Phi) is 13.1. The maximum atomic E-state index is 13.5. The number of amides is 2. The van der Waals surface area contributed by atoms with Crippen LogP contribution in [-0.2, 0) is 0 Å². The summed E-state index contributed by atoms with van der Waals surface area (Å²) in [5, 5.41) is 6.62. The van der Waals surface area contributed by atoms with Gasteiger partial charge in [-0.1, -0.05) is 65.0 Å². The number of rotatable bonds is 8. The molecule has 0 fully saturated rings. The Bertz CT molecular complexity index is 1490. The summed E-state index contributed by atoms with van der Waals surface area (Å²) < 4.78 is 0. The molecular formula is C35H42N4O2. The summed E-state index contributed by atoms with van der Waals surface area (Å²) in [4.78, 5) is 35.0. The Morgan fingerprint density at radius 1 is 0.951 bits per heavy atom. The average Bonchev–Trinajstić information content (AvgIpc) is 3.01. The van der Waals surface area contributed by atoms with Crippen LogP contribution in [0.5, 0.6) is 0 Å². The number of benzene rings is 2. The van der Waals surface area contributed by atoms with E-state index in [1.54, 1.807) is 42.7 Å². The number of carbonyl (C=O) groups is 2. The van der Waals surface area contributed by atoms with Crippen LogP contribution in [0.1, 0.15) is 72.9 Å². The Morgan fingerprint density at radius 3 is 2.29 bits per heavy atom. The van der Waals surface area contributed by atoms with Gasteiger partial charge >= 0.3 is 0 Å². The van der Waals surface area contributed by atoms with Crippen LogP contribution in [0.4, 0.5) is 5.69 Å². The van der Waals surface area contributed by atoms with Crippen molar-refractivity contribution in [2.45, 2.75) is 54.9 Å². The first-order valence-electron chi connectivity index (χ1n) is 14.2. The Balaban J connectivity index is 0.00000141. The molecule has 0 saturated carbocycles. The Hall–Kier alpha value is -4.58. The molecule has 0 bridgehead atoms. The van der Waals surface area contributed by atoms with E-state index in [1.165, 1.54) is 0 Å². The van der Waals surface area contributed by atoms with Gasteiger partial charge in [-0.25, -0.2) is 4.98 Å². The molecule has 2 amide bonds. The van der Waals surface area contributed by atoms with Crippen molar-refractivity contribution >= 4 is 28.4 Å². The lowest BCUT2D eigenvalue weighted by molar-refractivity contribution is 0.0956. The highest BCUT2D eigenvalue weighted by atomic mass is 16.2. The molecule has 41 heavy (non-hydrogen) atoms. The fraction of sp³-hybridized carbons (Fsp3) is 0.257. The predicted molar refractivity (Wildman–Crippen MR) is 172 cm³/mol. The second-order valence-electron chi connectivity index (χ2n) is 8.96. The number of aryl methyl sites for hydroxylation is 2. The first-order chi connectivity index (χ1) is 19.9. The van der Waals surface area contributed by atoms with Gasteiger partial charge in [0.25, 0.3) is 11.8 Å². The standard InChI is InChI=1S/C31H30N4O2.2C2H6/c1-5-6-8-20(2)18-33-30(36)23-10-12-25(13-11-23)34-31(37)27-17-28(24-9-7-14-32-19-24)35-29-22(4)15-21(3)16-26(27)29;2*1-2/h6-17,19H,2,5,18H2,1,3-4H3,(H,33,36)(H,34,37);2*1-2H3/b8-6-;;. The number of hydrogen-bond acceptors (Lipinski definition) is 4. The zero-order valence-corrected chi connectivity index (χ0v) is 25.3. The number of nitrogens with zero attached hydrogens (tertiary/aromatic N) is 2. The third kappa shape index (κ3) is 8.97. The molecule has 0 saturated heterocycles. The average molecular weight is 551 g/mol. The highest BCUT2D eigenvalue weighted by Crippen LogP contribution is 2.28. The molecule has 4 aromatic rings. The summed E-state index contributed by atoms with van der Waals surface area (Å²) in [6, 6.07) is 16.4. The summed E-state index contributed by atoms with van der Waals surface area (Å²) in [5.41, 5.74) is 6.80. The van der Waals surface area contributed by atoms with E-state index in [2.05, 4.69) is 28.3 Å². The van der Waals surface area contributed by atoms with Gasteiger partial charge in [-0.2, -0.15) is 0 Å². The molecule has 0 spiro atoms. The molecular weight excluding hydrogens is 508 g/mol. The normalized spacial score (nSPS) is 10.2. The van der Waals surface area contributed by atoms with E-state index in [1.807, 2.05) is 78.8 Å². The molecule has 0 unspecified atom stereocenters. The minimum absolute atomic E-state index is 0.198. The van der Waals surface area contributed by atoms with Gasteiger partial charge < -0.3 is 10.6 Å². The number of carbonyl (C=O) groups excluding carboxylic acids is 2. The van der Waals surface area contributed by atoms with E-state index in [9.17, 15) is 9.59 Å². The minimum atomic E-state index is -0.251. The second kappa shape index (κ2) is 16.5. The largest absolute Gasteiger partial charge is 0.348 e. The number of nitrogens with one attached hydrogen (secondary N) is 2. The predicted octanol–water partition coefficient (Wildman–Crippen LogP) is 8.47. The maximum absolute atomic E-state index is 13.5. The van der Waals surface area contributed by atoms with E-state index < -0.39 is 0 Å². The van der Waals surface area contributed by atoms with Gasteiger partial charge in [-0.05, 0) is 79.9 Å². The zero-order chi connectivity index (χ0) is 30.4. The fourth-order valence-corrected chi connectivity index (χ4v) is 4.07. The number of fused-ring (bicyclic) bond motifs is 1. The van der Waals surface area contributed by atoms with Crippen molar-refractivity contribution in [2.75, 3.05) is 11.9 Å². The molecule has 6 heteroatoms. The molecule has 214 valence electrons. The summed E-state index contributed by atoms with van der Waals surface area (Å²) in [7, 11) is 0. The number of aromatic nitrogens is 2. The SMILES string of the molecule is C=C(/C=C\CC)CNC(=O)c1ccc(NC(=O)c2cc(-c3cccnc3)nc3c(C)cc(C)cc23)cc1.CC.CC. The molecule has 2 aromatic heterocycles. The Labute approximate surface area is 244 Å². The van der Waals surface area contributed by atoms with Crippen LogP contribution < -0.4 is 10.6 Å². The molecule has 0 atom stereocenters. The minimum Gasteiger partial charge on any atom is -0.348 e. The second-order valence-corrected chi connectivity index (χ2v) is 8.96. The van der Waals surface area contributed by atoms with Gasteiger partial charge in [0.1, 0.15) is 0 Å². The third-order valence-electron chi connectivity index (χ3n) is 5.92. The van der Waals surface area contributed by atoms with Crippen molar-refractivity contribution in [1.29, 1.82) is 0 Å². The molecule has 0 aliphatic carbocycles. The monoisotopic (exact) mass is 550 g/mol. The van der Waals surface area contributed by atoms with Crippen LogP contribution >= 0.6 is 0 Å². The van der Waals surface area contributed by atoms with Crippen LogP contribution in [0, 0.1) is 13.8 Å². The van der Waals surface area contributed by atoms with Crippen LogP contribution in [0.2, 0.25) is 0 Å². The smallest absolute Gasteiger partial charge is 0.256 e. The van der Waals surface area contributed by atoms with Gasteiger partial charge in [-0.15, -0.1) is 0 Å². The van der Waals surface area contributed by atoms with Crippen molar-refractivity contribution in [3.05, 3.63) is 114 Å². The van der Waals surface area contributed by atoms with E-state index in [-0.39, 0.29) is 11.8 Å². The molecule has 2 N–H and O–H groups in total. The van der Waals surface area contributed by atoms with E-state index in [0.29, 0.717) is 29.1 Å². The van der Waals surface area contributed by atoms with Crippen LogP contribution in [0.15, 0.2) is 91.3 Å². The van der Waals surface area contributed by atoms with Gasteiger partial charge in [0, 0.05) is 41.1 Å². The highest BCUT2D eigenvalue weighted by Gasteiger charge is 2.16. The van der Waals surface area contributed by atoms with Gasteiger partial charge in [-0.3, -0.25) is 14.6 Å². The molecule has 0 aliphatic heterocycles. The molecule has 2 heterocycles. The lowest BCUT2D eigenvalue weighted by atomic mass is 9.99. The van der Waals surface area contributed by atoms with E-state index in [0.717, 1.165) is 39.6 Å². The van der Waals surface area contributed by atoms with Crippen molar-refractivity contribution in [3.8, 4) is 11.3 Å². The van der Waals surface area contributed by atoms with Crippen LogP contribution in [0.25, 0.3) is 22.2 Å². The summed E-state index contributed by atoms with van der Waals surface area (Å²) in [6.07, 6.45) is 8.26. The first-order valence-corrected chi connectivity index (χ1v) is 14.2. The summed E-state index contributed by atoms with van der Waals surface area (Å²) >= 11 is 0. The zero-order valence-electron chi connectivity index (χ0n) is 25.3. The molecule has 0 aliphatic rings. The highest BCUT2D eigenvalue weighted by molar-refractivity contribution is 6.13. The van der Waals surface area contributed by atoms with Gasteiger partial charge in [0.15, 0.2) is 0 Å². The Morgan fingerprint density at radius 2 is 1.66 bits per heavy atom. The van der Waals surface area contributed by atoms with Crippen LogP contribution in [0.3, 0.4) is 0 Å². The van der Waals surface area contributed by atoms with E-state index in [4.69, 9.17) is 4.98 Å². The number of pyridine rings is 2. The first kappa shape index (κ1) is 32.6. The third-order valence-corrected chi connectivity index (χ3v) is 5.92. The van der Waals surface area contributed by atoms with Gasteiger partial charge in [0.05, 0.1) is 16.8 Å². The number of hydrogen-bond donors (Lipinski definition) is 2. The quantitative estimate of drug-likeness (QED) is 0.216. The fourth-order valence-electron chi connectivity index (χ4n) is 4.07. The molecule has 6 nitrogen and oxygen atoms in total. The van der Waals surface area contributed by atoms with Crippen LogP contribution in [-0.4, -0.2) is 28.3 Å². The lowest BCUT2D eigenvalue weighted by Gasteiger charge is -2.13. The van der Waals surface area contributed by atoms with Crippen molar-refractivity contribution < 1.29 is 9.59 Å². The lowest BCUT2D eigenvalue weighted by Crippen LogP contribution is -2.25. The summed E-state index contributed by atoms with van der Waals surface area (Å²) in [5.74, 6) is -0.449. The molecule has 0 radical (unpaired) electrons. The summed E-state index contributed by atoms with van der Waals surface area (Å²) in [6.45, 7) is 18.4. The van der Waals surface area contributed by atoms with Gasteiger partial charge in [0.2, 0.25) is 0 Å².